The summed E-state index contributed by atoms with van der Waals surface area (Å²) in [4.78, 5) is 10.6. The number of nitrogens with two attached hydrogens (primary N) is 1. The van der Waals surface area contributed by atoms with Crippen LogP contribution in [0.15, 0.2) is 10.5 Å². The first-order chi connectivity index (χ1) is 7.41. The summed E-state index contributed by atoms with van der Waals surface area (Å²) >= 11 is 0. The Balaban J connectivity index is 2.56. The minimum Gasteiger partial charge on any atom is -0.466 e. The van der Waals surface area contributed by atoms with E-state index in [0.717, 1.165) is 17.1 Å². The topological polar surface area (TPSA) is 88.5 Å². The van der Waals surface area contributed by atoms with E-state index in [1.807, 2.05) is 26.8 Å². The molecule has 0 saturated heterocycles. The number of primary amides is 1. The summed E-state index contributed by atoms with van der Waals surface area (Å²) in [5.41, 5.74) is 5.97. The molecule has 16 heavy (non-hydrogen) atoms. The van der Waals surface area contributed by atoms with Crippen molar-refractivity contribution in [2.24, 2.45) is 5.73 Å². The second-order valence-electron chi connectivity index (χ2n) is 3.92. The molecule has 2 atom stereocenters. The van der Waals surface area contributed by atoms with E-state index in [2.05, 4.69) is 5.32 Å². The van der Waals surface area contributed by atoms with Gasteiger partial charge in [0.05, 0.1) is 0 Å². The highest BCUT2D eigenvalue weighted by Crippen LogP contribution is 2.20. The lowest BCUT2D eigenvalue weighted by atomic mass is 10.1. The predicted molar refractivity (Wildman–Crippen MR) is 59.8 cm³/mol. The molecule has 90 valence electrons. The van der Waals surface area contributed by atoms with Crippen molar-refractivity contribution in [1.82, 2.24) is 5.32 Å². The van der Waals surface area contributed by atoms with E-state index in [9.17, 15) is 9.90 Å². The molecule has 0 aliphatic rings. The third-order valence-electron chi connectivity index (χ3n) is 2.49. The molecule has 0 fully saturated rings. The summed E-state index contributed by atoms with van der Waals surface area (Å²) in [6.07, 6.45) is -1.16. The van der Waals surface area contributed by atoms with E-state index in [4.69, 9.17) is 10.2 Å². The molecule has 0 spiro atoms. The second kappa shape index (κ2) is 5.14. The third kappa shape index (κ3) is 3.08. The number of aryl methyl sites for hydroxylation is 2. The highest BCUT2D eigenvalue weighted by atomic mass is 16.3. The quantitative estimate of drug-likeness (QED) is 0.677. The maximum absolute atomic E-state index is 10.6. The van der Waals surface area contributed by atoms with Crippen molar-refractivity contribution in [2.75, 3.05) is 6.54 Å². The van der Waals surface area contributed by atoms with E-state index >= 15 is 0 Å². The predicted octanol–water partition coefficient (Wildman–Crippen LogP) is 0.393. The maximum Gasteiger partial charge on any atom is 0.247 e. The minimum absolute atomic E-state index is 0.00597. The molecule has 1 amide bonds. The second-order valence-corrected chi connectivity index (χ2v) is 3.92. The van der Waals surface area contributed by atoms with Gasteiger partial charge in [0.1, 0.15) is 17.6 Å². The number of rotatable bonds is 5. The Bertz CT molecular complexity index is 373. The molecular weight excluding hydrogens is 208 g/mol. The molecule has 1 rings (SSSR count). The fourth-order valence-corrected chi connectivity index (χ4v) is 1.58. The molecule has 0 aliphatic heterocycles. The van der Waals surface area contributed by atoms with Gasteiger partial charge in [-0.3, -0.25) is 4.79 Å². The summed E-state index contributed by atoms with van der Waals surface area (Å²) in [5.74, 6) is 0.961. The normalized spacial score (nSPS) is 14.8. The van der Waals surface area contributed by atoms with Crippen LogP contribution in [0.25, 0.3) is 0 Å². The molecule has 0 aromatic carbocycles. The lowest BCUT2D eigenvalue weighted by Gasteiger charge is -2.14. The molecule has 0 bridgehead atoms. The first-order valence-electron chi connectivity index (χ1n) is 5.19. The van der Waals surface area contributed by atoms with E-state index in [1.165, 1.54) is 0 Å². The van der Waals surface area contributed by atoms with Crippen LogP contribution in [0.1, 0.15) is 30.0 Å². The van der Waals surface area contributed by atoms with Gasteiger partial charge < -0.3 is 20.6 Å². The van der Waals surface area contributed by atoms with Gasteiger partial charge in [-0.2, -0.15) is 0 Å². The Morgan fingerprint density at radius 3 is 2.69 bits per heavy atom. The number of carbonyl (C=O) groups is 1. The van der Waals surface area contributed by atoms with Crippen LogP contribution in [-0.2, 0) is 4.79 Å². The van der Waals surface area contributed by atoms with Crippen LogP contribution < -0.4 is 11.1 Å². The smallest absolute Gasteiger partial charge is 0.247 e. The number of hydrogen-bond acceptors (Lipinski definition) is 4. The molecule has 1 heterocycles. The minimum atomic E-state index is -1.16. The zero-order valence-electron chi connectivity index (χ0n) is 9.78. The van der Waals surface area contributed by atoms with Gasteiger partial charge in [-0.15, -0.1) is 0 Å². The van der Waals surface area contributed by atoms with Gasteiger partial charge in [0.25, 0.3) is 0 Å². The molecule has 0 saturated carbocycles. The fourth-order valence-electron chi connectivity index (χ4n) is 1.58. The zero-order valence-corrected chi connectivity index (χ0v) is 9.78. The van der Waals surface area contributed by atoms with E-state index < -0.39 is 12.0 Å². The van der Waals surface area contributed by atoms with Crippen molar-refractivity contribution in [3.8, 4) is 0 Å². The van der Waals surface area contributed by atoms with Crippen LogP contribution in [0, 0.1) is 13.8 Å². The molecule has 0 aliphatic carbocycles. The van der Waals surface area contributed by atoms with Crippen molar-refractivity contribution in [1.29, 1.82) is 0 Å². The highest BCUT2D eigenvalue weighted by Gasteiger charge is 2.15. The van der Waals surface area contributed by atoms with Crippen LogP contribution in [0.4, 0.5) is 0 Å². The summed E-state index contributed by atoms with van der Waals surface area (Å²) in [7, 11) is 0. The Labute approximate surface area is 94.6 Å². The van der Waals surface area contributed by atoms with Gasteiger partial charge in [0, 0.05) is 18.2 Å². The summed E-state index contributed by atoms with van der Waals surface area (Å²) in [6, 6.07) is 1.94. The van der Waals surface area contributed by atoms with Crippen molar-refractivity contribution < 1.29 is 14.3 Å². The number of aliphatic hydroxyl groups excluding tert-OH is 1. The van der Waals surface area contributed by atoms with Crippen molar-refractivity contribution in [3.05, 3.63) is 23.2 Å². The molecule has 0 radical (unpaired) electrons. The van der Waals surface area contributed by atoms with Crippen molar-refractivity contribution in [3.63, 3.8) is 0 Å². The SMILES string of the molecule is Cc1cc(C(C)NCC(O)C(N)=O)c(C)o1. The molecule has 2 unspecified atom stereocenters. The van der Waals surface area contributed by atoms with Crippen LogP contribution in [0.5, 0.6) is 0 Å². The molecule has 5 nitrogen and oxygen atoms in total. The third-order valence-corrected chi connectivity index (χ3v) is 2.49. The Morgan fingerprint density at radius 1 is 1.62 bits per heavy atom. The lowest BCUT2D eigenvalue weighted by molar-refractivity contribution is -0.125. The first-order valence-corrected chi connectivity index (χ1v) is 5.19. The summed E-state index contributed by atoms with van der Waals surface area (Å²) in [6.45, 7) is 5.83. The maximum atomic E-state index is 10.6. The van der Waals surface area contributed by atoms with Crippen LogP contribution >= 0.6 is 0 Å². The standard InChI is InChI=1S/C11H18N2O3/c1-6-4-9(8(3)16-6)7(2)13-5-10(14)11(12)15/h4,7,10,13-14H,5H2,1-3H3,(H2,12,15). The number of nitrogens with one attached hydrogen (secondary N) is 1. The molecule has 1 aromatic rings. The lowest BCUT2D eigenvalue weighted by Crippen LogP contribution is -2.38. The molecule has 4 N–H and O–H groups in total. The number of carbonyl (C=O) groups excluding carboxylic acids is 1. The average Bonchev–Trinajstić information content (AvgIpc) is 2.53. The number of furan rings is 1. The highest BCUT2D eigenvalue weighted by molar-refractivity contribution is 5.78. The van der Waals surface area contributed by atoms with Gasteiger partial charge >= 0.3 is 0 Å². The van der Waals surface area contributed by atoms with Gasteiger partial charge in [-0.1, -0.05) is 0 Å². The van der Waals surface area contributed by atoms with E-state index in [1.54, 1.807) is 0 Å². The Kier molecular flexibility index (Phi) is 4.09. The molecule has 5 heteroatoms. The zero-order chi connectivity index (χ0) is 12.3. The Morgan fingerprint density at radius 2 is 2.25 bits per heavy atom. The largest absolute Gasteiger partial charge is 0.466 e. The molecule has 1 aromatic heterocycles. The van der Waals surface area contributed by atoms with E-state index in [-0.39, 0.29) is 12.6 Å². The van der Waals surface area contributed by atoms with Gasteiger partial charge in [-0.25, -0.2) is 0 Å². The van der Waals surface area contributed by atoms with Crippen LogP contribution in [0.2, 0.25) is 0 Å². The number of hydrogen-bond donors (Lipinski definition) is 3. The van der Waals surface area contributed by atoms with Gasteiger partial charge in [0.2, 0.25) is 5.91 Å². The fraction of sp³-hybridized carbons (Fsp3) is 0.545. The van der Waals surface area contributed by atoms with Crippen LogP contribution in [0.3, 0.4) is 0 Å². The number of aliphatic hydroxyl groups is 1. The first kappa shape index (κ1) is 12.7. The van der Waals surface area contributed by atoms with Gasteiger partial charge in [-0.05, 0) is 26.8 Å². The Hall–Kier alpha value is -1.33. The van der Waals surface area contributed by atoms with Crippen molar-refractivity contribution >= 4 is 5.91 Å². The summed E-state index contributed by atoms with van der Waals surface area (Å²) in [5, 5.41) is 12.3. The van der Waals surface area contributed by atoms with Crippen molar-refractivity contribution in [2.45, 2.75) is 32.9 Å². The van der Waals surface area contributed by atoms with Crippen LogP contribution in [-0.4, -0.2) is 23.7 Å². The van der Waals surface area contributed by atoms with Gasteiger partial charge in [0.15, 0.2) is 0 Å². The number of amides is 1. The summed E-state index contributed by atoms with van der Waals surface area (Å²) < 4.78 is 5.40. The monoisotopic (exact) mass is 226 g/mol. The molecular formula is C11H18N2O3. The average molecular weight is 226 g/mol. The van der Waals surface area contributed by atoms with E-state index in [0.29, 0.717) is 0 Å².